The molecule has 0 radical (unpaired) electrons. The summed E-state index contributed by atoms with van der Waals surface area (Å²) in [5.41, 5.74) is 1.69. The van der Waals surface area contributed by atoms with E-state index in [4.69, 9.17) is 0 Å². The predicted molar refractivity (Wildman–Crippen MR) is 62.2 cm³/mol. The van der Waals surface area contributed by atoms with Crippen molar-refractivity contribution in [1.82, 2.24) is 15.0 Å². The third-order valence-electron chi connectivity index (χ3n) is 2.36. The van der Waals surface area contributed by atoms with E-state index < -0.39 is 0 Å². The van der Waals surface area contributed by atoms with E-state index in [-0.39, 0.29) is 5.97 Å². The molecule has 2 aromatic rings. The zero-order chi connectivity index (χ0) is 12.1. The first-order chi connectivity index (χ1) is 8.29. The normalized spacial score (nSPS) is 10.2. The number of aromatic amines is 1. The minimum absolute atomic E-state index is 0.235. The second-order valence-corrected chi connectivity index (χ2v) is 3.53. The molecule has 0 fully saturated rings. The van der Waals surface area contributed by atoms with E-state index in [9.17, 15) is 4.79 Å². The fourth-order valence-corrected chi connectivity index (χ4v) is 1.46. The maximum absolute atomic E-state index is 11.0. The highest BCUT2D eigenvalue weighted by atomic mass is 16.5. The number of nitrogens with one attached hydrogen (secondary N) is 1. The highest BCUT2D eigenvalue weighted by Crippen LogP contribution is 2.13. The highest BCUT2D eigenvalue weighted by Gasteiger charge is 2.06. The lowest BCUT2D eigenvalue weighted by Crippen LogP contribution is -2.02. The molecule has 88 valence electrons. The van der Waals surface area contributed by atoms with Gasteiger partial charge in [0.15, 0.2) is 0 Å². The minimum atomic E-state index is -0.235. The Balaban J connectivity index is 2.04. The average Bonchev–Trinajstić information content (AvgIpc) is 2.86. The molecule has 2 aromatic heterocycles. The van der Waals surface area contributed by atoms with Crippen LogP contribution in [0.2, 0.25) is 0 Å². The second kappa shape index (κ2) is 5.25. The Hall–Kier alpha value is -2.17. The molecule has 0 aliphatic heterocycles. The van der Waals surface area contributed by atoms with Crippen molar-refractivity contribution in [2.24, 2.45) is 0 Å². The summed E-state index contributed by atoms with van der Waals surface area (Å²) in [5, 5.41) is 0. The Morgan fingerprint density at radius 2 is 2.29 bits per heavy atom. The maximum Gasteiger partial charge on any atom is 0.305 e. The molecule has 5 nitrogen and oxygen atoms in total. The molecule has 0 aromatic carbocycles. The van der Waals surface area contributed by atoms with Crippen LogP contribution in [0.25, 0.3) is 11.4 Å². The monoisotopic (exact) mass is 231 g/mol. The molecule has 2 rings (SSSR count). The number of nitrogens with zero attached hydrogens (tertiary/aromatic N) is 2. The Labute approximate surface area is 98.9 Å². The first-order valence-corrected chi connectivity index (χ1v) is 5.31. The number of methoxy groups -OCH3 is 1. The van der Waals surface area contributed by atoms with E-state index in [2.05, 4.69) is 19.7 Å². The molecule has 0 aliphatic carbocycles. The van der Waals surface area contributed by atoms with Gasteiger partial charge in [0.2, 0.25) is 0 Å². The summed E-state index contributed by atoms with van der Waals surface area (Å²) in [4.78, 5) is 22.5. The highest BCUT2D eigenvalue weighted by molar-refractivity contribution is 5.69. The lowest BCUT2D eigenvalue weighted by molar-refractivity contribution is -0.140. The van der Waals surface area contributed by atoms with Crippen molar-refractivity contribution in [1.29, 1.82) is 0 Å². The van der Waals surface area contributed by atoms with Crippen molar-refractivity contribution in [2.45, 2.75) is 12.8 Å². The van der Waals surface area contributed by atoms with Crippen LogP contribution >= 0.6 is 0 Å². The van der Waals surface area contributed by atoms with Crippen molar-refractivity contribution < 1.29 is 9.53 Å². The number of pyridine rings is 1. The van der Waals surface area contributed by atoms with Crippen LogP contribution in [0.1, 0.15) is 12.2 Å². The van der Waals surface area contributed by atoms with Gasteiger partial charge in [0.05, 0.1) is 31.1 Å². The molecule has 0 bridgehead atoms. The van der Waals surface area contributed by atoms with Gasteiger partial charge in [0.1, 0.15) is 5.82 Å². The van der Waals surface area contributed by atoms with Gasteiger partial charge in [-0.1, -0.05) is 6.07 Å². The van der Waals surface area contributed by atoms with Crippen molar-refractivity contribution >= 4 is 5.97 Å². The van der Waals surface area contributed by atoms with Gasteiger partial charge in [0.25, 0.3) is 0 Å². The number of hydrogen-bond donors (Lipinski definition) is 1. The lowest BCUT2D eigenvalue weighted by atomic mass is 10.3. The molecule has 1 N–H and O–H groups in total. The molecule has 0 aliphatic rings. The molecular weight excluding hydrogens is 218 g/mol. The summed E-state index contributed by atoms with van der Waals surface area (Å²) < 4.78 is 4.57. The summed E-state index contributed by atoms with van der Waals surface area (Å²) in [6, 6.07) is 5.67. The van der Waals surface area contributed by atoms with Gasteiger partial charge in [-0.25, -0.2) is 4.98 Å². The summed E-state index contributed by atoms with van der Waals surface area (Å²) in [6.07, 6.45) is 4.31. The Morgan fingerprint density at radius 3 is 3.00 bits per heavy atom. The van der Waals surface area contributed by atoms with Crippen LogP contribution in [0.15, 0.2) is 30.6 Å². The molecule has 0 amide bonds. The van der Waals surface area contributed by atoms with Crippen LogP contribution in [-0.2, 0) is 16.0 Å². The van der Waals surface area contributed by atoms with Gasteiger partial charge in [0, 0.05) is 12.6 Å². The van der Waals surface area contributed by atoms with Crippen LogP contribution in [0.4, 0.5) is 0 Å². The quantitative estimate of drug-likeness (QED) is 0.811. The SMILES string of the molecule is COC(=O)CCc1ncc(-c2ccccn2)[nH]1. The second-order valence-electron chi connectivity index (χ2n) is 3.53. The zero-order valence-electron chi connectivity index (χ0n) is 9.51. The van der Waals surface area contributed by atoms with Crippen LogP contribution in [0.5, 0.6) is 0 Å². The number of esters is 1. The Bertz CT molecular complexity index is 493. The molecule has 0 saturated heterocycles. The van der Waals surface area contributed by atoms with Gasteiger partial charge < -0.3 is 9.72 Å². The molecule has 0 saturated carbocycles. The van der Waals surface area contributed by atoms with Crippen molar-refractivity contribution in [3.8, 4) is 11.4 Å². The van der Waals surface area contributed by atoms with Crippen LogP contribution in [0, 0.1) is 0 Å². The number of carbonyl (C=O) groups excluding carboxylic acids is 1. The van der Waals surface area contributed by atoms with Gasteiger partial charge in [-0.05, 0) is 12.1 Å². The van der Waals surface area contributed by atoms with Gasteiger partial charge in [-0.3, -0.25) is 9.78 Å². The van der Waals surface area contributed by atoms with Crippen LogP contribution in [0.3, 0.4) is 0 Å². The topological polar surface area (TPSA) is 67.9 Å². The van der Waals surface area contributed by atoms with E-state index in [1.807, 2.05) is 18.2 Å². The number of aryl methyl sites for hydroxylation is 1. The average molecular weight is 231 g/mol. The van der Waals surface area contributed by atoms with Gasteiger partial charge >= 0.3 is 5.97 Å². The van der Waals surface area contributed by atoms with E-state index in [1.165, 1.54) is 7.11 Å². The fraction of sp³-hybridized carbons (Fsp3) is 0.250. The molecule has 5 heteroatoms. The predicted octanol–water partition coefficient (Wildman–Crippen LogP) is 1.58. The van der Waals surface area contributed by atoms with Gasteiger partial charge in [-0.15, -0.1) is 0 Å². The number of imidazole rings is 1. The fourth-order valence-electron chi connectivity index (χ4n) is 1.46. The van der Waals surface area contributed by atoms with Crippen LogP contribution in [-0.4, -0.2) is 28.0 Å². The number of aromatic nitrogens is 3. The molecule has 2 heterocycles. The number of carbonyl (C=O) groups is 1. The smallest absolute Gasteiger partial charge is 0.305 e. The van der Waals surface area contributed by atoms with Crippen molar-refractivity contribution in [3.05, 3.63) is 36.4 Å². The Kier molecular flexibility index (Phi) is 3.49. The number of rotatable bonds is 4. The molecular formula is C12H13N3O2. The number of hydrogen-bond acceptors (Lipinski definition) is 4. The molecule has 0 spiro atoms. The van der Waals surface area contributed by atoms with E-state index in [1.54, 1.807) is 12.4 Å². The van der Waals surface area contributed by atoms with E-state index in [0.717, 1.165) is 17.2 Å². The lowest BCUT2D eigenvalue weighted by Gasteiger charge is -1.97. The van der Waals surface area contributed by atoms with Crippen LogP contribution < -0.4 is 0 Å². The first-order valence-electron chi connectivity index (χ1n) is 5.31. The summed E-state index contributed by atoms with van der Waals surface area (Å²) in [5.74, 6) is 0.525. The first kappa shape index (κ1) is 11.3. The zero-order valence-corrected chi connectivity index (χ0v) is 9.51. The minimum Gasteiger partial charge on any atom is -0.469 e. The van der Waals surface area contributed by atoms with E-state index >= 15 is 0 Å². The third kappa shape index (κ3) is 2.90. The largest absolute Gasteiger partial charge is 0.469 e. The molecule has 0 unspecified atom stereocenters. The molecule has 17 heavy (non-hydrogen) atoms. The number of ether oxygens (including phenoxy) is 1. The standard InChI is InChI=1S/C12H13N3O2/c1-17-12(16)6-5-11-14-8-10(15-11)9-4-2-3-7-13-9/h2-4,7-8H,5-6H2,1H3,(H,14,15). The summed E-state index contributed by atoms with van der Waals surface area (Å²) in [6.45, 7) is 0. The maximum atomic E-state index is 11.0. The van der Waals surface area contributed by atoms with E-state index in [0.29, 0.717) is 12.8 Å². The van der Waals surface area contributed by atoms with Crippen molar-refractivity contribution in [3.63, 3.8) is 0 Å². The number of H-pyrrole nitrogens is 1. The summed E-state index contributed by atoms with van der Waals surface area (Å²) >= 11 is 0. The van der Waals surface area contributed by atoms with Crippen molar-refractivity contribution in [2.75, 3.05) is 7.11 Å². The molecule has 0 atom stereocenters. The Morgan fingerprint density at radius 1 is 1.41 bits per heavy atom. The third-order valence-corrected chi connectivity index (χ3v) is 2.36. The van der Waals surface area contributed by atoms with Gasteiger partial charge in [-0.2, -0.15) is 0 Å². The summed E-state index contributed by atoms with van der Waals surface area (Å²) in [7, 11) is 1.38.